The molecule has 0 radical (unpaired) electrons. The molecular formula is C12H15ClN2O. The van der Waals surface area contributed by atoms with E-state index < -0.39 is 0 Å². The lowest BCUT2D eigenvalue weighted by Gasteiger charge is -2.13. The third kappa shape index (κ3) is 2.47. The van der Waals surface area contributed by atoms with Crippen LogP contribution in [-0.4, -0.2) is 11.9 Å². The van der Waals surface area contributed by atoms with Crippen LogP contribution in [0.4, 0.5) is 5.69 Å². The van der Waals surface area contributed by atoms with Crippen molar-refractivity contribution in [3.63, 3.8) is 0 Å². The third-order valence-electron chi connectivity index (χ3n) is 2.95. The van der Waals surface area contributed by atoms with E-state index in [-0.39, 0.29) is 5.91 Å². The van der Waals surface area contributed by atoms with Crippen LogP contribution in [0, 0.1) is 0 Å². The van der Waals surface area contributed by atoms with Gasteiger partial charge in [-0.2, -0.15) is 0 Å². The maximum atomic E-state index is 11.9. The number of hydrogen-bond donors (Lipinski definition) is 2. The van der Waals surface area contributed by atoms with Gasteiger partial charge in [0, 0.05) is 16.8 Å². The largest absolute Gasteiger partial charge is 0.398 e. The quantitative estimate of drug-likeness (QED) is 0.779. The summed E-state index contributed by atoms with van der Waals surface area (Å²) in [4.78, 5) is 11.9. The molecule has 1 aromatic rings. The second-order valence-electron chi connectivity index (χ2n) is 4.19. The number of nitrogens with two attached hydrogens (primary N) is 1. The fraction of sp³-hybridized carbons (Fsp3) is 0.417. The maximum Gasteiger partial charge on any atom is 0.253 e. The molecule has 1 amide bonds. The van der Waals surface area contributed by atoms with E-state index in [4.69, 9.17) is 17.3 Å². The van der Waals surface area contributed by atoms with Crippen molar-refractivity contribution in [1.29, 1.82) is 0 Å². The van der Waals surface area contributed by atoms with E-state index in [1.54, 1.807) is 18.2 Å². The van der Waals surface area contributed by atoms with Gasteiger partial charge in [-0.15, -0.1) is 0 Å². The fourth-order valence-corrected chi connectivity index (χ4v) is 2.23. The first-order valence-electron chi connectivity index (χ1n) is 5.52. The highest BCUT2D eigenvalue weighted by Crippen LogP contribution is 2.21. The number of anilines is 1. The van der Waals surface area contributed by atoms with Gasteiger partial charge < -0.3 is 11.1 Å². The van der Waals surface area contributed by atoms with Crippen LogP contribution in [0.1, 0.15) is 36.0 Å². The summed E-state index contributed by atoms with van der Waals surface area (Å²) < 4.78 is 0. The number of rotatable bonds is 2. The zero-order valence-electron chi connectivity index (χ0n) is 9.00. The van der Waals surface area contributed by atoms with Gasteiger partial charge in [-0.25, -0.2) is 0 Å². The molecule has 2 rings (SSSR count). The van der Waals surface area contributed by atoms with Crippen molar-refractivity contribution in [3.8, 4) is 0 Å². The number of carbonyl (C=O) groups excluding carboxylic acids is 1. The molecule has 0 aliphatic heterocycles. The summed E-state index contributed by atoms with van der Waals surface area (Å²) in [6.45, 7) is 0. The Kier molecular flexibility index (Phi) is 3.34. The van der Waals surface area contributed by atoms with Gasteiger partial charge in [-0.1, -0.05) is 24.4 Å². The van der Waals surface area contributed by atoms with Crippen LogP contribution in [0.15, 0.2) is 18.2 Å². The van der Waals surface area contributed by atoms with Gasteiger partial charge in [0.25, 0.3) is 5.91 Å². The summed E-state index contributed by atoms with van der Waals surface area (Å²) in [6, 6.07) is 5.25. The predicted octanol–water partition coefficient (Wildman–Crippen LogP) is 2.59. The van der Waals surface area contributed by atoms with Crippen molar-refractivity contribution in [2.24, 2.45) is 0 Å². The van der Waals surface area contributed by atoms with Crippen molar-refractivity contribution in [2.45, 2.75) is 31.7 Å². The summed E-state index contributed by atoms with van der Waals surface area (Å²) in [6.07, 6.45) is 4.50. The smallest absolute Gasteiger partial charge is 0.253 e. The topological polar surface area (TPSA) is 55.1 Å². The van der Waals surface area contributed by atoms with E-state index in [2.05, 4.69) is 5.32 Å². The SMILES string of the molecule is Nc1ccc(Cl)cc1C(=O)NC1CCCC1. The van der Waals surface area contributed by atoms with Gasteiger partial charge in [0.05, 0.1) is 5.56 Å². The number of nitrogens with one attached hydrogen (secondary N) is 1. The number of hydrogen-bond acceptors (Lipinski definition) is 2. The van der Waals surface area contributed by atoms with E-state index in [1.165, 1.54) is 12.8 Å². The molecule has 0 bridgehead atoms. The standard InChI is InChI=1S/C12H15ClN2O/c13-8-5-6-11(14)10(7-8)12(16)15-9-3-1-2-4-9/h5-7,9H,1-4,14H2,(H,15,16). The monoisotopic (exact) mass is 238 g/mol. The third-order valence-corrected chi connectivity index (χ3v) is 3.19. The molecular weight excluding hydrogens is 224 g/mol. The number of amides is 1. The molecule has 4 heteroatoms. The van der Waals surface area contributed by atoms with E-state index in [0.717, 1.165) is 12.8 Å². The first-order chi connectivity index (χ1) is 7.66. The molecule has 0 aromatic heterocycles. The molecule has 1 aliphatic carbocycles. The van der Waals surface area contributed by atoms with Crippen LogP contribution in [0.3, 0.4) is 0 Å². The van der Waals surface area contributed by atoms with E-state index in [9.17, 15) is 4.79 Å². The highest BCUT2D eigenvalue weighted by atomic mass is 35.5. The van der Waals surface area contributed by atoms with Crippen molar-refractivity contribution < 1.29 is 4.79 Å². The van der Waals surface area contributed by atoms with Gasteiger partial charge in [-0.05, 0) is 31.0 Å². The average Bonchev–Trinajstić information content (AvgIpc) is 2.74. The normalized spacial score (nSPS) is 16.3. The maximum absolute atomic E-state index is 11.9. The fourth-order valence-electron chi connectivity index (χ4n) is 2.06. The summed E-state index contributed by atoms with van der Waals surface area (Å²) in [5, 5.41) is 3.52. The van der Waals surface area contributed by atoms with Crippen LogP contribution < -0.4 is 11.1 Å². The number of halogens is 1. The Morgan fingerprint density at radius 2 is 2.06 bits per heavy atom. The van der Waals surface area contributed by atoms with Crippen molar-refractivity contribution in [3.05, 3.63) is 28.8 Å². The minimum Gasteiger partial charge on any atom is -0.398 e. The summed E-state index contributed by atoms with van der Waals surface area (Å²) in [5.74, 6) is -0.119. The van der Waals surface area contributed by atoms with Crippen LogP contribution in [0.2, 0.25) is 5.02 Å². The van der Waals surface area contributed by atoms with Crippen molar-refractivity contribution >= 4 is 23.2 Å². The first-order valence-corrected chi connectivity index (χ1v) is 5.90. The molecule has 1 fully saturated rings. The number of benzene rings is 1. The van der Waals surface area contributed by atoms with Gasteiger partial charge in [0.1, 0.15) is 0 Å². The van der Waals surface area contributed by atoms with Crippen LogP contribution in [-0.2, 0) is 0 Å². The Bertz CT molecular complexity index is 400. The molecule has 0 heterocycles. The highest BCUT2D eigenvalue weighted by molar-refractivity contribution is 6.31. The zero-order chi connectivity index (χ0) is 11.5. The number of nitrogen functional groups attached to an aromatic ring is 1. The molecule has 1 saturated carbocycles. The van der Waals surface area contributed by atoms with Crippen LogP contribution in [0.25, 0.3) is 0 Å². The Morgan fingerprint density at radius 3 is 2.75 bits per heavy atom. The van der Waals surface area contributed by atoms with E-state index in [0.29, 0.717) is 22.3 Å². The molecule has 16 heavy (non-hydrogen) atoms. The Morgan fingerprint density at radius 1 is 1.38 bits per heavy atom. The summed E-state index contributed by atoms with van der Waals surface area (Å²) in [7, 11) is 0. The van der Waals surface area contributed by atoms with E-state index in [1.807, 2.05) is 0 Å². The Balaban J connectivity index is 2.10. The van der Waals surface area contributed by atoms with Gasteiger partial charge in [-0.3, -0.25) is 4.79 Å². The van der Waals surface area contributed by atoms with E-state index >= 15 is 0 Å². The number of carbonyl (C=O) groups is 1. The first kappa shape index (κ1) is 11.3. The van der Waals surface area contributed by atoms with Crippen LogP contribution >= 0.6 is 11.6 Å². The molecule has 0 unspecified atom stereocenters. The molecule has 1 aliphatic rings. The van der Waals surface area contributed by atoms with Crippen molar-refractivity contribution in [2.75, 3.05) is 5.73 Å². The average molecular weight is 239 g/mol. The lowest BCUT2D eigenvalue weighted by atomic mass is 10.1. The molecule has 1 aromatic carbocycles. The molecule has 3 N–H and O–H groups in total. The molecule has 3 nitrogen and oxygen atoms in total. The van der Waals surface area contributed by atoms with Gasteiger partial charge in [0.15, 0.2) is 0 Å². The second kappa shape index (κ2) is 4.74. The molecule has 0 atom stereocenters. The molecule has 0 saturated heterocycles. The Labute approximate surface area is 100.0 Å². The summed E-state index contributed by atoms with van der Waals surface area (Å²) >= 11 is 5.84. The predicted molar refractivity (Wildman–Crippen MR) is 65.6 cm³/mol. The van der Waals surface area contributed by atoms with Gasteiger partial charge >= 0.3 is 0 Å². The highest BCUT2D eigenvalue weighted by Gasteiger charge is 2.19. The van der Waals surface area contributed by atoms with Crippen LogP contribution in [0.5, 0.6) is 0 Å². The lowest BCUT2D eigenvalue weighted by Crippen LogP contribution is -2.33. The molecule has 0 spiro atoms. The Hall–Kier alpha value is -1.22. The molecule has 86 valence electrons. The van der Waals surface area contributed by atoms with Gasteiger partial charge in [0.2, 0.25) is 0 Å². The van der Waals surface area contributed by atoms with Crippen molar-refractivity contribution in [1.82, 2.24) is 5.32 Å². The zero-order valence-corrected chi connectivity index (χ0v) is 9.76. The lowest BCUT2D eigenvalue weighted by molar-refractivity contribution is 0.0939. The minimum atomic E-state index is -0.119. The second-order valence-corrected chi connectivity index (χ2v) is 4.62. The summed E-state index contributed by atoms with van der Waals surface area (Å²) in [5.41, 5.74) is 6.69. The minimum absolute atomic E-state index is 0.119.